The SMILES string of the molecule is CCNC(=NCC(C)(C)NS(C)(=O)=O)N1CCN(C(=O)C2CCCO2)CC1. The number of carbonyl (C=O) groups is 1. The van der Waals surface area contributed by atoms with Gasteiger partial charge in [-0.15, -0.1) is 0 Å². The standard InChI is InChI=1S/C17H33N5O4S/c1-5-18-16(19-13-17(2,3)20-27(4,24)25)22-10-8-21(9-11-22)15(23)14-7-6-12-26-14/h14,20H,5-13H2,1-4H3,(H,18,19). The Hall–Kier alpha value is -1.39. The molecule has 2 saturated heterocycles. The van der Waals surface area contributed by atoms with Crippen LogP contribution in [-0.4, -0.2) is 93.9 Å². The maximum atomic E-state index is 12.5. The Morgan fingerprint density at radius 2 is 1.85 bits per heavy atom. The van der Waals surface area contributed by atoms with Crippen molar-refractivity contribution in [3.8, 4) is 0 Å². The predicted molar refractivity (Wildman–Crippen MR) is 105 cm³/mol. The predicted octanol–water partition coefficient (Wildman–Crippen LogP) is -0.397. The van der Waals surface area contributed by atoms with Crippen LogP contribution in [0, 0.1) is 0 Å². The summed E-state index contributed by atoms with van der Waals surface area (Å²) < 4.78 is 31.1. The fraction of sp³-hybridized carbons (Fsp3) is 0.882. The molecule has 0 radical (unpaired) electrons. The summed E-state index contributed by atoms with van der Waals surface area (Å²) in [5.41, 5.74) is -0.675. The van der Waals surface area contributed by atoms with Crippen molar-refractivity contribution in [1.82, 2.24) is 19.8 Å². The fourth-order valence-electron chi connectivity index (χ4n) is 3.35. The molecule has 1 unspecified atom stereocenters. The number of ether oxygens (including phenoxy) is 1. The minimum atomic E-state index is -3.30. The van der Waals surface area contributed by atoms with E-state index in [1.54, 1.807) is 13.8 Å². The number of carbonyl (C=O) groups excluding carboxylic acids is 1. The van der Waals surface area contributed by atoms with Crippen molar-refractivity contribution in [1.29, 1.82) is 0 Å². The molecule has 0 aromatic carbocycles. The van der Waals surface area contributed by atoms with Gasteiger partial charge in [-0.25, -0.2) is 13.1 Å². The van der Waals surface area contributed by atoms with E-state index in [2.05, 4.69) is 19.9 Å². The molecule has 2 aliphatic rings. The van der Waals surface area contributed by atoms with Crippen LogP contribution in [0.3, 0.4) is 0 Å². The number of hydrogen-bond acceptors (Lipinski definition) is 5. The number of aliphatic imine (C=N–C) groups is 1. The van der Waals surface area contributed by atoms with Crippen LogP contribution in [0.25, 0.3) is 0 Å². The molecule has 27 heavy (non-hydrogen) atoms. The lowest BCUT2D eigenvalue weighted by Gasteiger charge is -2.37. The topological polar surface area (TPSA) is 103 Å². The molecule has 2 aliphatic heterocycles. The van der Waals surface area contributed by atoms with E-state index in [0.29, 0.717) is 45.9 Å². The highest BCUT2D eigenvalue weighted by molar-refractivity contribution is 7.88. The number of nitrogens with zero attached hydrogens (tertiary/aromatic N) is 3. The average molecular weight is 404 g/mol. The van der Waals surface area contributed by atoms with Crippen molar-refractivity contribution in [2.75, 3.05) is 52.1 Å². The van der Waals surface area contributed by atoms with E-state index in [4.69, 9.17) is 4.74 Å². The number of hydrogen-bond donors (Lipinski definition) is 2. The maximum absolute atomic E-state index is 12.5. The highest BCUT2D eigenvalue weighted by atomic mass is 32.2. The quantitative estimate of drug-likeness (QED) is 0.462. The maximum Gasteiger partial charge on any atom is 0.251 e. The van der Waals surface area contributed by atoms with Crippen molar-refractivity contribution >= 4 is 21.9 Å². The molecule has 0 saturated carbocycles. The number of guanidine groups is 1. The van der Waals surface area contributed by atoms with E-state index in [9.17, 15) is 13.2 Å². The summed E-state index contributed by atoms with van der Waals surface area (Å²) >= 11 is 0. The van der Waals surface area contributed by atoms with Gasteiger partial charge in [0.15, 0.2) is 5.96 Å². The Balaban J connectivity index is 1.94. The Bertz CT molecular complexity index is 636. The molecule has 156 valence electrons. The molecule has 2 rings (SSSR count). The van der Waals surface area contributed by atoms with Crippen LogP contribution in [-0.2, 0) is 19.6 Å². The molecule has 10 heteroatoms. The van der Waals surface area contributed by atoms with Gasteiger partial charge >= 0.3 is 0 Å². The molecule has 0 aromatic heterocycles. The summed E-state index contributed by atoms with van der Waals surface area (Å²) in [5.74, 6) is 0.831. The molecule has 0 spiro atoms. The lowest BCUT2D eigenvalue weighted by atomic mass is 10.1. The molecule has 0 bridgehead atoms. The fourth-order valence-corrected chi connectivity index (χ4v) is 4.42. The van der Waals surface area contributed by atoms with E-state index in [1.165, 1.54) is 0 Å². The van der Waals surface area contributed by atoms with Gasteiger partial charge in [0.05, 0.1) is 12.8 Å². The second-order valence-electron chi connectivity index (χ2n) is 7.74. The van der Waals surface area contributed by atoms with Crippen LogP contribution in [0.15, 0.2) is 4.99 Å². The molecule has 0 aliphatic carbocycles. The monoisotopic (exact) mass is 403 g/mol. The van der Waals surface area contributed by atoms with Crippen LogP contribution < -0.4 is 10.0 Å². The first-order chi connectivity index (χ1) is 12.6. The zero-order valence-corrected chi connectivity index (χ0v) is 17.6. The van der Waals surface area contributed by atoms with Crippen molar-refractivity contribution in [3.63, 3.8) is 0 Å². The third kappa shape index (κ3) is 6.93. The number of piperazine rings is 1. The summed E-state index contributed by atoms with van der Waals surface area (Å²) in [6.45, 7) is 9.94. The third-order valence-corrected chi connectivity index (χ3v) is 5.44. The smallest absolute Gasteiger partial charge is 0.251 e. The summed E-state index contributed by atoms with van der Waals surface area (Å²) in [6, 6.07) is 0. The molecule has 2 N–H and O–H groups in total. The van der Waals surface area contributed by atoms with E-state index in [1.807, 2.05) is 11.8 Å². The zero-order chi connectivity index (χ0) is 20.1. The number of rotatable bonds is 6. The van der Waals surface area contributed by atoms with E-state index < -0.39 is 15.6 Å². The van der Waals surface area contributed by atoms with Crippen molar-refractivity contribution in [2.45, 2.75) is 45.3 Å². The van der Waals surface area contributed by atoms with Crippen molar-refractivity contribution < 1.29 is 17.9 Å². The molecular weight excluding hydrogens is 370 g/mol. The normalized spacial score (nSPS) is 22.2. The first-order valence-corrected chi connectivity index (χ1v) is 11.4. The van der Waals surface area contributed by atoms with Gasteiger partial charge in [0.25, 0.3) is 5.91 Å². The van der Waals surface area contributed by atoms with Crippen molar-refractivity contribution in [2.24, 2.45) is 4.99 Å². The van der Waals surface area contributed by atoms with E-state index in [-0.39, 0.29) is 12.0 Å². The lowest BCUT2D eigenvalue weighted by Crippen LogP contribution is -2.55. The number of sulfonamides is 1. The van der Waals surface area contributed by atoms with Crippen LogP contribution in [0.5, 0.6) is 0 Å². The summed E-state index contributed by atoms with van der Waals surface area (Å²) in [6.07, 6.45) is 2.63. The molecule has 0 aromatic rings. The number of nitrogens with one attached hydrogen (secondary N) is 2. The zero-order valence-electron chi connectivity index (χ0n) is 16.8. The Labute approximate surface area is 162 Å². The van der Waals surface area contributed by atoms with Crippen LogP contribution in [0.4, 0.5) is 0 Å². The van der Waals surface area contributed by atoms with Crippen LogP contribution >= 0.6 is 0 Å². The molecule has 1 amide bonds. The largest absolute Gasteiger partial charge is 0.368 e. The van der Waals surface area contributed by atoms with Gasteiger partial charge in [-0.2, -0.15) is 0 Å². The van der Waals surface area contributed by atoms with Gasteiger partial charge in [0.2, 0.25) is 10.0 Å². The molecule has 1 atom stereocenters. The van der Waals surface area contributed by atoms with Gasteiger partial charge in [-0.05, 0) is 33.6 Å². The van der Waals surface area contributed by atoms with Gasteiger partial charge < -0.3 is 19.9 Å². The second kappa shape index (κ2) is 9.20. The molecule has 9 nitrogen and oxygen atoms in total. The van der Waals surface area contributed by atoms with Gasteiger partial charge in [-0.1, -0.05) is 0 Å². The highest BCUT2D eigenvalue weighted by Crippen LogP contribution is 2.16. The lowest BCUT2D eigenvalue weighted by molar-refractivity contribution is -0.142. The van der Waals surface area contributed by atoms with Gasteiger partial charge in [-0.3, -0.25) is 9.79 Å². The second-order valence-corrected chi connectivity index (χ2v) is 9.49. The summed E-state index contributed by atoms with van der Waals surface area (Å²) in [4.78, 5) is 21.1. The third-order valence-electron chi connectivity index (χ3n) is 4.52. The van der Waals surface area contributed by atoms with E-state index >= 15 is 0 Å². The summed E-state index contributed by atoms with van der Waals surface area (Å²) in [5, 5.41) is 3.26. The Morgan fingerprint density at radius 1 is 1.22 bits per heavy atom. The molecule has 2 heterocycles. The first kappa shape index (κ1) is 21.9. The van der Waals surface area contributed by atoms with Gasteiger partial charge in [0.1, 0.15) is 6.10 Å². The number of amides is 1. The Morgan fingerprint density at radius 3 is 2.37 bits per heavy atom. The first-order valence-electron chi connectivity index (χ1n) is 9.54. The highest BCUT2D eigenvalue weighted by Gasteiger charge is 2.31. The average Bonchev–Trinajstić information content (AvgIpc) is 3.10. The molecular formula is C17H33N5O4S. The molecule has 2 fully saturated rings. The van der Waals surface area contributed by atoms with Crippen LogP contribution in [0.2, 0.25) is 0 Å². The van der Waals surface area contributed by atoms with E-state index in [0.717, 1.165) is 25.1 Å². The minimum absolute atomic E-state index is 0.0903. The van der Waals surface area contributed by atoms with Crippen molar-refractivity contribution in [3.05, 3.63) is 0 Å². The van der Waals surface area contributed by atoms with Gasteiger partial charge in [0, 0.05) is 44.9 Å². The van der Waals surface area contributed by atoms with Crippen LogP contribution in [0.1, 0.15) is 33.6 Å². The Kier molecular flexibility index (Phi) is 7.47. The summed E-state index contributed by atoms with van der Waals surface area (Å²) in [7, 11) is -3.30. The minimum Gasteiger partial charge on any atom is -0.368 e.